The Morgan fingerprint density at radius 3 is 2.83 bits per heavy atom. The predicted octanol–water partition coefficient (Wildman–Crippen LogP) is 3.36. The molecule has 23 heavy (non-hydrogen) atoms. The first kappa shape index (κ1) is 17.3. The van der Waals surface area contributed by atoms with E-state index in [1.807, 2.05) is 43.6 Å². The van der Waals surface area contributed by atoms with Crippen LogP contribution in [0, 0.1) is 0 Å². The van der Waals surface area contributed by atoms with Gasteiger partial charge in [-0.15, -0.1) is 11.8 Å². The molecule has 0 aromatic carbocycles. The molecule has 122 valence electrons. The van der Waals surface area contributed by atoms with Crippen molar-refractivity contribution >= 4 is 17.8 Å². The van der Waals surface area contributed by atoms with Crippen LogP contribution in [0.5, 0.6) is 0 Å². The second kappa shape index (κ2) is 9.15. The number of carbonyl (C=O) groups is 1. The SMILES string of the molecule is CC[C@H](c1cccnc1)N(C)C(=O)NCCSc1ccccn1. The highest BCUT2D eigenvalue weighted by atomic mass is 32.2. The Labute approximate surface area is 141 Å². The zero-order valence-corrected chi connectivity index (χ0v) is 14.3. The Hall–Kier alpha value is -2.08. The van der Waals surface area contributed by atoms with Gasteiger partial charge in [0.1, 0.15) is 0 Å². The summed E-state index contributed by atoms with van der Waals surface area (Å²) >= 11 is 1.63. The minimum Gasteiger partial charge on any atom is -0.337 e. The fourth-order valence-electron chi connectivity index (χ4n) is 2.32. The van der Waals surface area contributed by atoms with Gasteiger partial charge in [-0.2, -0.15) is 0 Å². The van der Waals surface area contributed by atoms with Crippen molar-refractivity contribution in [1.29, 1.82) is 0 Å². The first-order valence-electron chi connectivity index (χ1n) is 7.66. The van der Waals surface area contributed by atoms with Gasteiger partial charge in [-0.3, -0.25) is 4.98 Å². The maximum atomic E-state index is 12.3. The van der Waals surface area contributed by atoms with E-state index in [4.69, 9.17) is 0 Å². The van der Waals surface area contributed by atoms with Gasteiger partial charge in [-0.25, -0.2) is 9.78 Å². The highest BCUT2D eigenvalue weighted by Gasteiger charge is 2.19. The van der Waals surface area contributed by atoms with Gasteiger partial charge in [0.05, 0.1) is 11.1 Å². The highest BCUT2D eigenvalue weighted by Crippen LogP contribution is 2.21. The summed E-state index contributed by atoms with van der Waals surface area (Å²) in [4.78, 5) is 22.4. The van der Waals surface area contributed by atoms with Crippen LogP contribution in [-0.2, 0) is 0 Å². The van der Waals surface area contributed by atoms with Crippen LogP contribution < -0.4 is 5.32 Å². The lowest BCUT2D eigenvalue weighted by molar-refractivity contribution is 0.189. The number of carbonyl (C=O) groups excluding carboxylic acids is 1. The summed E-state index contributed by atoms with van der Waals surface area (Å²) < 4.78 is 0. The van der Waals surface area contributed by atoms with Gasteiger partial charge in [0.25, 0.3) is 0 Å². The topological polar surface area (TPSA) is 58.1 Å². The maximum absolute atomic E-state index is 12.3. The van der Waals surface area contributed by atoms with Gasteiger partial charge in [0.2, 0.25) is 0 Å². The van der Waals surface area contributed by atoms with E-state index < -0.39 is 0 Å². The largest absolute Gasteiger partial charge is 0.337 e. The molecule has 0 saturated heterocycles. The number of rotatable bonds is 7. The number of pyridine rings is 2. The van der Waals surface area contributed by atoms with E-state index in [1.54, 1.807) is 29.1 Å². The van der Waals surface area contributed by atoms with Gasteiger partial charge in [-0.1, -0.05) is 19.1 Å². The molecule has 2 aromatic heterocycles. The van der Waals surface area contributed by atoms with Crippen molar-refractivity contribution in [2.75, 3.05) is 19.3 Å². The van der Waals surface area contributed by atoms with Crippen LogP contribution in [0.25, 0.3) is 0 Å². The number of amides is 2. The second-order valence-corrected chi connectivity index (χ2v) is 6.18. The van der Waals surface area contributed by atoms with Crippen molar-refractivity contribution in [2.45, 2.75) is 24.4 Å². The van der Waals surface area contributed by atoms with Gasteiger partial charge in [0.15, 0.2) is 0 Å². The summed E-state index contributed by atoms with van der Waals surface area (Å²) in [6.07, 6.45) is 6.17. The number of urea groups is 1. The summed E-state index contributed by atoms with van der Waals surface area (Å²) in [6, 6.07) is 9.68. The third-order valence-electron chi connectivity index (χ3n) is 3.51. The van der Waals surface area contributed by atoms with Crippen molar-refractivity contribution in [3.8, 4) is 0 Å². The molecule has 0 bridgehead atoms. The van der Waals surface area contributed by atoms with Crippen molar-refractivity contribution in [3.63, 3.8) is 0 Å². The second-order valence-electron chi connectivity index (χ2n) is 5.07. The monoisotopic (exact) mass is 330 g/mol. The van der Waals surface area contributed by atoms with Gasteiger partial charge in [0, 0.05) is 37.9 Å². The number of hydrogen-bond acceptors (Lipinski definition) is 4. The Morgan fingerprint density at radius 2 is 2.17 bits per heavy atom. The quantitative estimate of drug-likeness (QED) is 0.625. The molecule has 6 heteroatoms. The lowest BCUT2D eigenvalue weighted by Gasteiger charge is -2.27. The predicted molar refractivity (Wildman–Crippen MR) is 93.4 cm³/mol. The molecule has 1 atom stereocenters. The zero-order valence-electron chi connectivity index (χ0n) is 13.5. The van der Waals surface area contributed by atoms with Crippen molar-refractivity contribution in [1.82, 2.24) is 20.2 Å². The molecule has 0 aliphatic rings. The Bertz CT molecular complexity index is 594. The number of hydrogen-bond donors (Lipinski definition) is 1. The molecule has 0 spiro atoms. The third-order valence-corrected chi connectivity index (χ3v) is 4.46. The van der Waals surface area contributed by atoms with E-state index in [2.05, 4.69) is 22.2 Å². The molecule has 1 N–H and O–H groups in total. The normalized spacial score (nSPS) is 11.7. The Morgan fingerprint density at radius 1 is 1.30 bits per heavy atom. The molecule has 2 aromatic rings. The first-order valence-corrected chi connectivity index (χ1v) is 8.65. The number of thioether (sulfide) groups is 1. The maximum Gasteiger partial charge on any atom is 0.317 e. The van der Waals surface area contributed by atoms with E-state index in [9.17, 15) is 4.79 Å². The lowest BCUT2D eigenvalue weighted by Crippen LogP contribution is -2.40. The average Bonchev–Trinajstić information content (AvgIpc) is 2.61. The smallest absolute Gasteiger partial charge is 0.317 e. The summed E-state index contributed by atoms with van der Waals surface area (Å²) in [7, 11) is 1.82. The molecule has 0 aliphatic carbocycles. The summed E-state index contributed by atoms with van der Waals surface area (Å²) in [6.45, 7) is 2.67. The average molecular weight is 330 g/mol. The van der Waals surface area contributed by atoms with Crippen LogP contribution in [0.15, 0.2) is 53.9 Å². The Balaban J connectivity index is 1.80. The van der Waals surface area contributed by atoms with Crippen molar-refractivity contribution in [2.24, 2.45) is 0 Å². The third kappa shape index (κ3) is 5.25. The van der Waals surface area contributed by atoms with E-state index in [-0.39, 0.29) is 12.1 Å². The molecule has 0 unspecified atom stereocenters. The Kier molecular flexibility index (Phi) is 6.87. The zero-order chi connectivity index (χ0) is 16.5. The molecule has 0 saturated carbocycles. The van der Waals surface area contributed by atoms with E-state index in [1.165, 1.54) is 0 Å². The van der Waals surface area contributed by atoms with E-state index in [0.29, 0.717) is 6.54 Å². The van der Waals surface area contributed by atoms with Crippen LogP contribution in [0.4, 0.5) is 4.79 Å². The number of nitrogens with zero attached hydrogens (tertiary/aromatic N) is 3. The van der Waals surface area contributed by atoms with Crippen LogP contribution in [0.1, 0.15) is 24.9 Å². The fraction of sp³-hybridized carbons (Fsp3) is 0.353. The molecule has 0 fully saturated rings. The number of aromatic nitrogens is 2. The molecule has 2 heterocycles. The molecular formula is C17H22N4OS. The van der Waals surface area contributed by atoms with Crippen molar-refractivity contribution in [3.05, 3.63) is 54.5 Å². The highest BCUT2D eigenvalue weighted by molar-refractivity contribution is 7.99. The van der Waals surface area contributed by atoms with Crippen LogP contribution in [-0.4, -0.2) is 40.2 Å². The first-order chi connectivity index (χ1) is 11.2. The minimum absolute atomic E-state index is 0.0344. The summed E-state index contributed by atoms with van der Waals surface area (Å²) in [5.74, 6) is 0.792. The minimum atomic E-state index is -0.0673. The molecule has 0 radical (unpaired) electrons. The molecule has 0 aliphatic heterocycles. The van der Waals surface area contributed by atoms with E-state index in [0.717, 1.165) is 22.8 Å². The number of nitrogens with one attached hydrogen (secondary N) is 1. The van der Waals surface area contributed by atoms with E-state index >= 15 is 0 Å². The van der Waals surface area contributed by atoms with Crippen LogP contribution in [0.3, 0.4) is 0 Å². The fourth-order valence-corrected chi connectivity index (χ4v) is 3.04. The van der Waals surface area contributed by atoms with Crippen LogP contribution >= 0.6 is 11.8 Å². The standard InChI is InChI=1S/C17H22N4OS/c1-3-15(14-7-6-9-18-13-14)21(2)17(22)20-11-12-23-16-8-4-5-10-19-16/h4-10,13,15H,3,11-12H2,1-2H3,(H,20,22)/t15-/m1/s1. The van der Waals surface area contributed by atoms with Crippen molar-refractivity contribution < 1.29 is 4.79 Å². The van der Waals surface area contributed by atoms with Crippen LogP contribution in [0.2, 0.25) is 0 Å². The lowest BCUT2D eigenvalue weighted by atomic mass is 10.1. The summed E-state index contributed by atoms with van der Waals surface area (Å²) in [5, 5.41) is 3.92. The summed E-state index contributed by atoms with van der Waals surface area (Å²) in [5.41, 5.74) is 1.05. The molecule has 2 rings (SSSR count). The van der Waals surface area contributed by atoms with Gasteiger partial charge in [-0.05, 0) is 30.2 Å². The van der Waals surface area contributed by atoms with Gasteiger partial charge < -0.3 is 10.2 Å². The van der Waals surface area contributed by atoms with Gasteiger partial charge >= 0.3 is 6.03 Å². The molecular weight excluding hydrogens is 308 g/mol. The molecule has 5 nitrogen and oxygen atoms in total. The molecule has 2 amide bonds.